The Kier molecular flexibility index (Phi) is 6.95. The standard InChI is InChI=1S/C48H36N2OSi/c1-52(2)44-32-30-38-40(26-16-28-42(38)50(35-21-11-5-12-22-35)36-23-13-6-14-24-36)46(44)47-48(52)45-39-25-15-27-41(37(39)29-31-43(45)51-47)49(33-17-7-3-8-18-33)34-19-9-4-10-20-34/h3-32H,1-2H3. The first-order valence-electron chi connectivity index (χ1n) is 18.0. The van der Waals surface area contributed by atoms with Crippen LogP contribution >= 0.6 is 0 Å². The predicted molar refractivity (Wildman–Crippen MR) is 223 cm³/mol. The van der Waals surface area contributed by atoms with E-state index in [1.54, 1.807) is 0 Å². The molecule has 0 N–H and O–H groups in total. The molecular weight excluding hydrogens is 649 g/mol. The van der Waals surface area contributed by atoms with Crippen molar-refractivity contribution in [2.75, 3.05) is 9.80 Å². The van der Waals surface area contributed by atoms with Crippen LogP contribution in [0.25, 0.3) is 43.8 Å². The summed E-state index contributed by atoms with van der Waals surface area (Å²) in [6.45, 7) is 4.98. The highest BCUT2D eigenvalue weighted by molar-refractivity contribution is 7.05. The van der Waals surface area contributed by atoms with Crippen molar-refractivity contribution < 1.29 is 4.42 Å². The lowest BCUT2D eigenvalue weighted by Gasteiger charge is -2.27. The molecule has 3 nitrogen and oxygen atoms in total. The highest BCUT2D eigenvalue weighted by Crippen LogP contribution is 2.46. The Bertz CT molecular complexity index is 2680. The molecule has 0 atom stereocenters. The molecule has 0 bridgehead atoms. The lowest BCUT2D eigenvalue weighted by molar-refractivity contribution is 0.635. The minimum Gasteiger partial charge on any atom is -0.456 e. The number of hydrogen-bond donors (Lipinski definition) is 0. The third-order valence-electron chi connectivity index (χ3n) is 10.8. The monoisotopic (exact) mass is 684 g/mol. The van der Waals surface area contributed by atoms with Crippen molar-refractivity contribution >= 4 is 85.1 Å². The Hall–Kier alpha value is -6.36. The second-order valence-electron chi connectivity index (χ2n) is 14.1. The Morgan fingerprint density at radius 1 is 0.404 bits per heavy atom. The average Bonchev–Trinajstić information content (AvgIpc) is 3.70. The topological polar surface area (TPSA) is 19.6 Å². The summed E-state index contributed by atoms with van der Waals surface area (Å²) >= 11 is 0. The van der Waals surface area contributed by atoms with Gasteiger partial charge in [-0.2, -0.15) is 0 Å². The Morgan fingerprint density at radius 2 is 0.846 bits per heavy atom. The molecule has 248 valence electrons. The summed E-state index contributed by atoms with van der Waals surface area (Å²) in [5.41, 5.74) is 9.02. The van der Waals surface area contributed by atoms with E-state index in [1.807, 2.05) is 0 Å². The third kappa shape index (κ3) is 4.58. The van der Waals surface area contributed by atoms with E-state index in [4.69, 9.17) is 4.42 Å². The summed E-state index contributed by atoms with van der Waals surface area (Å²) < 4.78 is 7.04. The molecule has 52 heavy (non-hydrogen) atoms. The second kappa shape index (κ2) is 11.9. The van der Waals surface area contributed by atoms with Crippen molar-refractivity contribution in [2.24, 2.45) is 0 Å². The Balaban J connectivity index is 1.21. The van der Waals surface area contributed by atoms with Gasteiger partial charge in [0.25, 0.3) is 0 Å². The van der Waals surface area contributed by atoms with Crippen molar-refractivity contribution in [1.29, 1.82) is 0 Å². The zero-order valence-corrected chi connectivity index (χ0v) is 30.1. The van der Waals surface area contributed by atoms with Gasteiger partial charge in [0.05, 0.1) is 11.4 Å². The van der Waals surface area contributed by atoms with Crippen LogP contribution in [0.4, 0.5) is 34.1 Å². The summed E-state index contributed by atoms with van der Waals surface area (Å²) in [5, 5.41) is 8.96. The fraction of sp³-hybridized carbons (Fsp3) is 0.0417. The maximum Gasteiger partial charge on any atom is 0.135 e. The van der Waals surface area contributed by atoms with Crippen LogP contribution in [0.5, 0.6) is 0 Å². The van der Waals surface area contributed by atoms with Gasteiger partial charge in [-0.1, -0.05) is 122 Å². The lowest BCUT2D eigenvalue weighted by atomic mass is 9.99. The molecule has 0 amide bonds. The third-order valence-corrected chi connectivity index (χ3v) is 14.3. The summed E-state index contributed by atoms with van der Waals surface area (Å²) in [6.07, 6.45) is 0. The first-order valence-corrected chi connectivity index (χ1v) is 21.0. The zero-order valence-electron chi connectivity index (χ0n) is 29.1. The van der Waals surface area contributed by atoms with E-state index >= 15 is 0 Å². The molecule has 0 fully saturated rings. The van der Waals surface area contributed by atoms with Crippen LogP contribution in [0.15, 0.2) is 186 Å². The van der Waals surface area contributed by atoms with Crippen LogP contribution in [0.1, 0.15) is 0 Å². The molecule has 1 aromatic heterocycles. The summed E-state index contributed by atoms with van der Waals surface area (Å²) in [6, 6.07) is 65.3. The fourth-order valence-corrected chi connectivity index (χ4v) is 11.8. The van der Waals surface area contributed by atoms with Gasteiger partial charge in [0, 0.05) is 44.5 Å². The first-order chi connectivity index (χ1) is 25.6. The number of furan rings is 1. The molecule has 0 saturated heterocycles. The van der Waals surface area contributed by atoms with Gasteiger partial charge in [0.2, 0.25) is 0 Å². The molecule has 2 heterocycles. The summed E-state index contributed by atoms with van der Waals surface area (Å²) in [4.78, 5) is 4.73. The molecule has 9 aromatic rings. The lowest BCUT2D eigenvalue weighted by Crippen LogP contribution is -2.49. The van der Waals surface area contributed by atoms with E-state index in [9.17, 15) is 0 Å². The van der Waals surface area contributed by atoms with Crippen LogP contribution in [0.3, 0.4) is 0 Å². The van der Waals surface area contributed by atoms with Gasteiger partial charge in [-0.3, -0.25) is 0 Å². The molecule has 1 aliphatic rings. The van der Waals surface area contributed by atoms with E-state index in [0.717, 1.165) is 45.5 Å². The number of fused-ring (bicyclic) bond motifs is 9. The van der Waals surface area contributed by atoms with Gasteiger partial charge in [-0.05, 0) is 93.9 Å². The van der Waals surface area contributed by atoms with Crippen molar-refractivity contribution in [3.05, 3.63) is 182 Å². The summed E-state index contributed by atoms with van der Waals surface area (Å²) in [5.74, 6) is 1.04. The molecule has 0 spiro atoms. The molecule has 0 radical (unpaired) electrons. The molecule has 0 unspecified atom stereocenters. The van der Waals surface area contributed by atoms with E-state index in [2.05, 4.69) is 205 Å². The molecule has 1 aliphatic heterocycles. The highest BCUT2D eigenvalue weighted by Gasteiger charge is 2.43. The molecule has 0 aliphatic carbocycles. The van der Waals surface area contributed by atoms with Gasteiger partial charge in [0.1, 0.15) is 19.4 Å². The minimum absolute atomic E-state index is 0.954. The Labute approximate surface area is 304 Å². The maximum absolute atomic E-state index is 7.04. The molecule has 0 saturated carbocycles. The second-order valence-corrected chi connectivity index (χ2v) is 18.4. The van der Waals surface area contributed by atoms with Crippen LogP contribution < -0.4 is 20.2 Å². The number of para-hydroxylation sites is 4. The predicted octanol–water partition coefficient (Wildman–Crippen LogP) is 12.5. The van der Waals surface area contributed by atoms with Gasteiger partial charge >= 0.3 is 0 Å². The molecule has 10 rings (SSSR count). The van der Waals surface area contributed by atoms with Crippen molar-refractivity contribution in [3.63, 3.8) is 0 Å². The van der Waals surface area contributed by atoms with Crippen LogP contribution in [0, 0.1) is 0 Å². The number of hydrogen-bond acceptors (Lipinski definition) is 3. The van der Waals surface area contributed by atoms with Gasteiger partial charge in [-0.25, -0.2) is 0 Å². The van der Waals surface area contributed by atoms with Gasteiger partial charge < -0.3 is 14.2 Å². The van der Waals surface area contributed by atoms with E-state index in [-0.39, 0.29) is 0 Å². The van der Waals surface area contributed by atoms with E-state index in [0.29, 0.717) is 0 Å². The first kappa shape index (κ1) is 30.5. The number of rotatable bonds is 6. The number of anilines is 6. The minimum atomic E-state index is -2.19. The normalized spacial score (nSPS) is 13.0. The Morgan fingerprint density at radius 3 is 1.35 bits per heavy atom. The SMILES string of the molecule is C[Si]1(C)c2ccc3c(N(c4ccccc4)c4ccccc4)cccc3c2-c2oc3ccc4c(N(c5ccccc5)c5ccccc5)cccc4c3c21. The van der Waals surface area contributed by atoms with Crippen molar-refractivity contribution in [3.8, 4) is 11.3 Å². The van der Waals surface area contributed by atoms with E-state index < -0.39 is 8.07 Å². The van der Waals surface area contributed by atoms with Gasteiger partial charge in [0.15, 0.2) is 0 Å². The van der Waals surface area contributed by atoms with Crippen molar-refractivity contribution in [1.82, 2.24) is 0 Å². The van der Waals surface area contributed by atoms with Crippen molar-refractivity contribution in [2.45, 2.75) is 13.1 Å². The van der Waals surface area contributed by atoms with Gasteiger partial charge in [-0.15, -0.1) is 0 Å². The highest BCUT2D eigenvalue weighted by atomic mass is 28.3. The summed E-state index contributed by atoms with van der Waals surface area (Å²) in [7, 11) is -2.19. The fourth-order valence-electron chi connectivity index (χ4n) is 8.51. The average molecular weight is 685 g/mol. The molecule has 4 heteroatoms. The molecule has 8 aromatic carbocycles. The van der Waals surface area contributed by atoms with E-state index in [1.165, 1.54) is 42.9 Å². The van der Waals surface area contributed by atoms with Crippen LogP contribution in [-0.4, -0.2) is 8.07 Å². The smallest absolute Gasteiger partial charge is 0.135 e. The van der Waals surface area contributed by atoms with Crippen LogP contribution in [-0.2, 0) is 0 Å². The zero-order chi connectivity index (χ0) is 34.8. The largest absolute Gasteiger partial charge is 0.456 e. The van der Waals surface area contributed by atoms with Crippen LogP contribution in [0.2, 0.25) is 13.1 Å². The number of nitrogens with zero attached hydrogens (tertiary/aromatic N) is 2. The quantitative estimate of drug-likeness (QED) is 0.163. The number of benzene rings is 8. The maximum atomic E-state index is 7.04. The molecular formula is C48H36N2OSi.